The topological polar surface area (TPSA) is 38.3 Å². The van der Waals surface area contributed by atoms with Crippen molar-refractivity contribution in [1.29, 1.82) is 0 Å². The molecule has 0 bridgehead atoms. The summed E-state index contributed by atoms with van der Waals surface area (Å²) in [6, 6.07) is 6.38. The predicted octanol–water partition coefficient (Wildman–Crippen LogP) is 2.07. The molecule has 1 rings (SSSR count). The van der Waals surface area contributed by atoms with Gasteiger partial charge in [-0.25, -0.2) is 4.39 Å². The maximum absolute atomic E-state index is 13.3. The van der Waals surface area contributed by atoms with Crippen molar-refractivity contribution >= 4 is 17.7 Å². The van der Waals surface area contributed by atoms with Crippen molar-refractivity contribution in [2.45, 2.75) is 17.9 Å². The highest BCUT2D eigenvalue weighted by molar-refractivity contribution is 8.00. The lowest BCUT2D eigenvalue weighted by atomic mass is 10.3. The van der Waals surface area contributed by atoms with Crippen LogP contribution in [0.5, 0.6) is 0 Å². The summed E-state index contributed by atoms with van der Waals surface area (Å²) >= 11 is 1.19. The van der Waals surface area contributed by atoms with Crippen LogP contribution in [0.25, 0.3) is 0 Å². The Morgan fingerprint density at radius 2 is 2.24 bits per heavy atom. The molecule has 0 heterocycles. The summed E-state index contributed by atoms with van der Waals surface area (Å²) < 4.78 is 18.2. The van der Waals surface area contributed by atoms with Crippen LogP contribution in [0.3, 0.4) is 0 Å². The summed E-state index contributed by atoms with van der Waals surface area (Å²) in [5, 5.41) is 2.76. The molecule has 1 N–H and O–H groups in total. The standard InChI is InChI=1S/C12H16FNO2S/c1-9(7-16-2)14-12(15)8-17-11-6-4-3-5-10(11)13/h3-6,9H,7-8H2,1-2H3,(H,14,15)/t9-/m0/s1. The Bertz CT molecular complexity index is 373. The quantitative estimate of drug-likeness (QED) is 0.793. The summed E-state index contributed by atoms with van der Waals surface area (Å²) in [6.45, 7) is 2.32. The number of benzene rings is 1. The molecule has 3 nitrogen and oxygen atoms in total. The Morgan fingerprint density at radius 3 is 2.88 bits per heavy atom. The van der Waals surface area contributed by atoms with Gasteiger partial charge in [-0.05, 0) is 19.1 Å². The first-order valence-corrected chi connectivity index (χ1v) is 6.27. The highest BCUT2D eigenvalue weighted by Crippen LogP contribution is 2.20. The van der Waals surface area contributed by atoms with Gasteiger partial charge < -0.3 is 10.1 Å². The Hall–Kier alpha value is -1.07. The van der Waals surface area contributed by atoms with Crippen molar-refractivity contribution in [2.24, 2.45) is 0 Å². The molecule has 0 radical (unpaired) electrons. The average Bonchev–Trinajstić information content (AvgIpc) is 2.28. The molecule has 0 aliphatic carbocycles. The van der Waals surface area contributed by atoms with Gasteiger partial charge in [0.15, 0.2) is 0 Å². The zero-order valence-corrected chi connectivity index (χ0v) is 10.7. The van der Waals surface area contributed by atoms with Crippen molar-refractivity contribution in [3.63, 3.8) is 0 Å². The van der Waals surface area contributed by atoms with Gasteiger partial charge in [-0.3, -0.25) is 4.79 Å². The summed E-state index contributed by atoms with van der Waals surface area (Å²) in [5.74, 6) is -0.215. The Labute approximate surface area is 105 Å². The highest BCUT2D eigenvalue weighted by atomic mass is 32.2. The first-order chi connectivity index (χ1) is 8.13. The summed E-state index contributed by atoms with van der Waals surface area (Å²) in [6.07, 6.45) is 0. The molecule has 1 amide bonds. The molecule has 0 aliphatic heterocycles. The van der Waals surface area contributed by atoms with Gasteiger partial charge in [0.1, 0.15) is 5.82 Å². The minimum Gasteiger partial charge on any atom is -0.383 e. The van der Waals surface area contributed by atoms with E-state index in [2.05, 4.69) is 5.32 Å². The molecule has 0 saturated heterocycles. The fourth-order valence-electron chi connectivity index (χ4n) is 1.31. The third kappa shape index (κ3) is 5.19. The number of carbonyl (C=O) groups is 1. The van der Waals surface area contributed by atoms with Crippen molar-refractivity contribution in [3.05, 3.63) is 30.1 Å². The van der Waals surface area contributed by atoms with Gasteiger partial charge >= 0.3 is 0 Å². The minimum absolute atomic E-state index is 0.0336. The third-order valence-electron chi connectivity index (χ3n) is 2.02. The zero-order chi connectivity index (χ0) is 12.7. The zero-order valence-electron chi connectivity index (χ0n) is 9.90. The lowest BCUT2D eigenvalue weighted by molar-refractivity contribution is -0.119. The van der Waals surface area contributed by atoms with Crippen LogP contribution in [0.1, 0.15) is 6.92 Å². The molecule has 17 heavy (non-hydrogen) atoms. The summed E-state index contributed by atoms with van der Waals surface area (Å²) in [4.78, 5) is 12.0. The summed E-state index contributed by atoms with van der Waals surface area (Å²) in [5.41, 5.74) is 0. The van der Waals surface area contributed by atoms with Crippen LogP contribution >= 0.6 is 11.8 Å². The van der Waals surface area contributed by atoms with Crippen molar-refractivity contribution in [2.75, 3.05) is 19.5 Å². The van der Waals surface area contributed by atoms with E-state index in [0.29, 0.717) is 11.5 Å². The predicted molar refractivity (Wildman–Crippen MR) is 66.6 cm³/mol. The fourth-order valence-corrected chi connectivity index (χ4v) is 2.06. The number of nitrogens with one attached hydrogen (secondary N) is 1. The second kappa shape index (κ2) is 7.29. The minimum atomic E-state index is -0.296. The molecule has 5 heteroatoms. The number of methoxy groups -OCH3 is 1. The van der Waals surface area contributed by atoms with Crippen LogP contribution in [0.15, 0.2) is 29.2 Å². The monoisotopic (exact) mass is 257 g/mol. The van der Waals surface area contributed by atoms with E-state index >= 15 is 0 Å². The van der Waals surface area contributed by atoms with E-state index in [9.17, 15) is 9.18 Å². The first kappa shape index (κ1) is 14.0. The number of carbonyl (C=O) groups excluding carboxylic acids is 1. The lowest BCUT2D eigenvalue weighted by Crippen LogP contribution is -2.36. The Balaban J connectivity index is 2.36. The van der Waals surface area contributed by atoms with E-state index in [1.165, 1.54) is 17.8 Å². The van der Waals surface area contributed by atoms with E-state index in [1.54, 1.807) is 25.3 Å². The van der Waals surface area contributed by atoms with Crippen LogP contribution in [0, 0.1) is 5.82 Å². The van der Waals surface area contributed by atoms with Crippen molar-refractivity contribution in [1.82, 2.24) is 5.32 Å². The van der Waals surface area contributed by atoms with Gasteiger partial charge in [-0.1, -0.05) is 12.1 Å². The smallest absolute Gasteiger partial charge is 0.230 e. The van der Waals surface area contributed by atoms with Gasteiger partial charge in [0.2, 0.25) is 5.91 Å². The SMILES string of the molecule is COC[C@H](C)NC(=O)CSc1ccccc1F. The normalized spacial score (nSPS) is 12.2. The molecule has 0 fully saturated rings. The Morgan fingerprint density at radius 1 is 1.53 bits per heavy atom. The van der Waals surface area contributed by atoms with Crippen LogP contribution in [0.2, 0.25) is 0 Å². The average molecular weight is 257 g/mol. The van der Waals surface area contributed by atoms with E-state index in [1.807, 2.05) is 6.92 Å². The number of rotatable bonds is 6. The van der Waals surface area contributed by atoms with Gasteiger partial charge in [0.25, 0.3) is 0 Å². The largest absolute Gasteiger partial charge is 0.383 e. The summed E-state index contributed by atoms with van der Waals surface area (Å²) in [7, 11) is 1.58. The fraction of sp³-hybridized carbons (Fsp3) is 0.417. The molecule has 0 unspecified atom stereocenters. The molecule has 1 aromatic carbocycles. The Kier molecular flexibility index (Phi) is 6.00. The van der Waals surface area contributed by atoms with Crippen molar-refractivity contribution in [3.8, 4) is 0 Å². The lowest BCUT2D eigenvalue weighted by Gasteiger charge is -2.12. The number of amides is 1. The van der Waals surface area contributed by atoms with E-state index < -0.39 is 0 Å². The first-order valence-electron chi connectivity index (χ1n) is 5.29. The van der Waals surface area contributed by atoms with Gasteiger partial charge in [-0.15, -0.1) is 11.8 Å². The molecule has 0 spiro atoms. The van der Waals surface area contributed by atoms with E-state index in [4.69, 9.17) is 4.74 Å². The van der Waals surface area contributed by atoms with Crippen LogP contribution in [0.4, 0.5) is 4.39 Å². The van der Waals surface area contributed by atoms with Crippen molar-refractivity contribution < 1.29 is 13.9 Å². The highest BCUT2D eigenvalue weighted by Gasteiger charge is 2.09. The maximum Gasteiger partial charge on any atom is 0.230 e. The van der Waals surface area contributed by atoms with Crippen LogP contribution < -0.4 is 5.32 Å². The number of thioether (sulfide) groups is 1. The van der Waals surface area contributed by atoms with Crippen LogP contribution in [-0.4, -0.2) is 31.4 Å². The third-order valence-corrected chi connectivity index (χ3v) is 3.07. The molecule has 1 aromatic rings. The van der Waals surface area contributed by atoms with Gasteiger partial charge in [-0.2, -0.15) is 0 Å². The second-order valence-corrected chi connectivity index (χ2v) is 4.66. The van der Waals surface area contributed by atoms with Gasteiger partial charge in [0.05, 0.1) is 12.4 Å². The number of hydrogen-bond acceptors (Lipinski definition) is 3. The second-order valence-electron chi connectivity index (χ2n) is 3.64. The number of hydrogen-bond donors (Lipinski definition) is 1. The van der Waals surface area contributed by atoms with Crippen LogP contribution in [-0.2, 0) is 9.53 Å². The molecule has 0 aliphatic rings. The molecular weight excluding hydrogens is 241 g/mol. The molecule has 0 saturated carbocycles. The number of halogens is 1. The molecule has 94 valence electrons. The van der Waals surface area contributed by atoms with E-state index in [0.717, 1.165) is 0 Å². The maximum atomic E-state index is 13.3. The molecular formula is C12H16FNO2S. The number of ether oxygens (including phenoxy) is 1. The van der Waals surface area contributed by atoms with E-state index in [-0.39, 0.29) is 23.5 Å². The molecule has 0 aromatic heterocycles. The molecule has 1 atom stereocenters. The van der Waals surface area contributed by atoms with Gasteiger partial charge in [0, 0.05) is 18.0 Å².